The number of halogens is 3. The molecule has 3 aromatic rings. The molecule has 24 heavy (non-hydrogen) atoms. The molecule has 0 spiro atoms. The normalized spacial score (nSPS) is 10.6. The summed E-state index contributed by atoms with van der Waals surface area (Å²) in [6.45, 7) is 0.274. The topological polar surface area (TPSA) is 46.9 Å². The van der Waals surface area contributed by atoms with Gasteiger partial charge < -0.3 is 5.32 Å². The molecule has 4 nitrogen and oxygen atoms in total. The Kier molecular flexibility index (Phi) is 5.11. The Morgan fingerprint density at radius 2 is 1.79 bits per heavy atom. The number of carbonyl (C=O) groups excluding carboxylic acids is 1. The van der Waals surface area contributed by atoms with Crippen LogP contribution in [-0.4, -0.2) is 15.7 Å². The van der Waals surface area contributed by atoms with Crippen LogP contribution in [0.15, 0.2) is 63.7 Å². The van der Waals surface area contributed by atoms with Crippen LogP contribution in [-0.2, 0) is 6.54 Å². The summed E-state index contributed by atoms with van der Waals surface area (Å²) in [5, 5.41) is 7.04. The van der Waals surface area contributed by atoms with Crippen LogP contribution in [0.4, 0.5) is 10.2 Å². The van der Waals surface area contributed by atoms with Gasteiger partial charge in [-0.3, -0.25) is 9.48 Å². The lowest BCUT2D eigenvalue weighted by molar-refractivity contribution is 0.102. The first-order valence-electron chi connectivity index (χ1n) is 7.07. The summed E-state index contributed by atoms with van der Waals surface area (Å²) in [5.41, 5.74) is 1.03. The molecule has 0 saturated heterocycles. The van der Waals surface area contributed by atoms with Crippen molar-refractivity contribution in [2.45, 2.75) is 6.54 Å². The van der Waals surface area contributed by atoms with Crippen molar-refractivity contribution in [2.75, 3.05) is 5.32 Å². The van der Waals surface area contributed by atoms with Crippen LogP contribution in [0.5, 0.6) is 0 Å². The number of hydrogen-bond donors (Lipinski definition) is 1. The Bertz CT molecular complexity index is 895. The Hall–Kier alpha value is -1.99. The van der Waals surface area contributed by atoms with Gasteiger partial charge in [-0.1, -0.05) is 30.3 Å². The van der Waals surface area contributed by atoms with Gasteiger partial charge in [0.15, 0.2) is 5.82 Å². The van der Waals surface area contributed by atoms with E-state index in [2.05, 4.69) is 42.3 Å². The fourth-order valence-electron chi connectivity index (χ4n) is 2.18. The van der Waals surface area contributed by atoms with E-state index in [0.29, 0.717) is 25.9 Å². The van der Waals surface area contributed by atoms with Crippen molar-refractivity contribution in [1.82, 2.24) is 9.78 Å². The fraction of sp³-hybridized carbons (Fsp3) is 0.0588. The maximum atomic E-state index is 13.7. The van der Waals surface area contributed by atoms with E-state index in [1.165, 1.54) is 6.07 Å². The van der Waals surface area contributed by atoms with Gasteiger partial charge in [0.05, 0.1) is 16.6 Å². The van der Waals surface area contributed by atoms with Gasteiger partial charge in [0.1, 0.15) is 5.82 Å². The minimum atomic E-state index is -0.289. The second-order valence-corrected chi connectivity index (χ2v) is 6.76. The highest BCUT2D eigenvalue weighted by Crippen LogP contribution is 2.23. The molecule has 0 atom stereocenters. The minimum absolute atomic E-state index is 0.274. The molecule has 0 aliphatic carbocycles. The van der Waals surface area contributed by atoms with Crippen LogP contribution in [0.1, 0.15) is 15.9 Å². The zero-order valence-corrected chi connectivity index (χ0v) is 15.5. The van der Waals surface area contributed by atoms with Gasteiger partial charge in [-0.25, -0.2) is 4.39 Å². The van der Waals surface area contributed by atoms with Gasteiger partial charge in [-0.2, -0.15) is 5.10 Å². The number of nitrogens with one attached hydrogen (secondary N) is 1. The molecule has 1 N–H and O–H groups in total. The number of amides is 1. The maximum absolute atomic E-state index is 13.7. The van der Waals surface area contributed by atoms with E-state index < -0.39 is 0 Å². The van der Waals surface area contributed by atoms with E-state index in [0.717, 1.165) is 0 Å². The van der Waals surface area contributed by atoms with Crippen LogP contribution < -0.4 is 5.32 Å². The third kappa shape index (κ3) is 3.73. The van der Waals surface area contributed by atoms with E-state index in [1.54, 1.807) is 47.3 Å². The lowest BCUT2D eigenvalue weighted by Crippen LogP contribution is -2.13. The van der Waals surface area contributed by atoms with E-state index in [9.17, 15) is 9.18 Å². The molecule has 0 aliphatic heterocycles. The molecular weight excluding hydrogens is 441 g/mol. The predicted molar refractivity (Wildman–Crippen MR) is 97.5 cm³/mol. The summed E-state index contributed by atoms with van der Waals surface area (Å²) < 4.78 is 16.6. The number of nitrogens with zero attached hydrogens (tertiary/aromatic N) is 2. The van der Waals surface area contributed by atoms with Crippen molar-refractivity contribution in [3.8, 4) is 0 Å². The Morgan fingerprint density at radius 3 is 2.54 bits per heavy atom. The highest BCUT2D eigenvalue weighted by Gasteiger charge is 2.14. The van der Waals surface area contributed by atoms with E-state index in [4.69, 9.17) is 0 Å². The van der Waals surface area contributed by atoms with Crippen LogP contribution >= 0.6 is 31.9 Å². The average Bonchev–Trinajstić information content (AvgIpc) is 2.89. The molecule has 0 radical (unpaired) electrons. The third-order valence-corrected chi connectivity index (χ3v) is 4.63. The molecule has 1 amide bonds. The standard InChI is InChI=1S/C17H12Br2FN3O/c18-13-7-3-2-6-12(13)17(24)21-16-14(19)10-23(22-16)9-11-5-1-4-8-15(11)20/h1-8,10H,9H2,(H,21,22,24). The van der Waals surface area contributed by atoms with Crippen molar-refractivity contribution in [3.05, 3.63) is 80.6 Å². The van der Waals surface area contributed by atoms with Crippen molar-refractivity contribution in [2.24, 2.45) is 0 Å². The summed E-state index contributed by atoms with van der Waals surface area (Å²) >= 11 is 6.71. The molecule has 0 bridgehead atoms. The molecule has 0 saturated carbocycles. The van der Waals surface area contributed by atoms with E-state index in [-0.39, 0.29) is 18.3 Å². The predicted octanol–water partition coefficient (Wildman–Crippen LogP) is 4.85. The molecule has 1 aromatic heterocycles. The number of aromatic nitrogens is 2. The quantitative estimate of drug-likeness (QED) is 0.615. The number of carbonyl (C=O) groups is 1. The molecule has 2 aromatic carbocycles. The Morgan fingerprint density at radius 1 is 1.08 bits per heavy atom. The van der Waals surface area contributed by atoms with Gasteiger partial charge in [-0.05, 0) is 50.1 Å². The fourth-order valence-corrected chi connectivity index (χ4v) is 3.06. The monoisotopic (exact) mass is 451 g/mol. The van der Waals surface area contributed by atoms with Crippen LogP contribution in [0.25, 0.3) is 0 Å². The van der Waals surface area contributed by atoms with Gasteiger partial charge >= 0.3 is 0 Å². The molecule has 7 heteroatoms. The van der Waals surface area contributed by atoms with Gasteiger partial charge in [0.2, 0.25) is 0 Å². The first-order valence-corrected chi connectivity index (χ1v) is 8.65. The average molecular weight is 453 g/mol. The largest absolute Gasteiger partial charge is 0.304 e. The Labute approximate surface area is 154 Å². The highest BCUT2D eigenvalue weighted by atomic mass is 79.9. The molecule has 0 aliphatic rings. The lowest BCUT2D eigenvalue weighted by Gasteiger charge is -2.05. The first-order chi connectivity index (χ1) is 11.5. The summed E-state index contributed by atoms with van der Waals surface area (Å²) in [4.78, 5) is 12.3. The van der Waals surface area contributed by atoms with Crippen molar-refractivity contribution >= 4 is 43.6 Å². The van der Waals surface area contributed by atoms with Gasteiger partial charge in [-0.15, -0.1) is 0 Å². The lowest BCUT2D eigenvalue weighted by atomic mass is 10.2. The zero-order valence-electron chi connectivity index (χ0n) is 12.3. The van der Waals surface area contributed by atoms with Crippen molar-refractivity contribution in [1.29, 1.82) is 0 Å². The second-order valence-electron chi connectivity index (χ2n) is 5.05. The molecule has 3 rings (SSSR count). The van der Waals surface area contributed by atoms with Crippen LogP contribution in [0, 0.1) is 5.82 Å². The smallest absolute Gasteiger partial charge is 0.258 e. The zero-order chi connectivity index (χ0) is 17.1. The SMILES string of the molecule is O=C(Nc1nn(Cc2ccccc2F)cc1Br)c1ccccc1Br. The summed E-state index contributed by atoms with van der Waals surface area (Å²) in [6, 6.07) is 13.6. The number of rotatable bonds is 4. The summed E-state index contributed by atoms with van der Waals surface area (Å²) in [6.07, 6.45) is 1.70. The maximum Gasteiger partial charge on any atom is 0.258 e. The van der Waals surface area contributed by atoms with Gasteiger partial charge in [0, 0.05) is 16.2 Å². The minimum Gasteiger partial charge on any atom is -0.304 e. The first kappa shape index (κ1) is 16.9. The summed E-state index contributed by atoms with van der Waals surface area (Å²) in [7, 11) is 0. The molecule has 0 fully saturated rings. The van der Waals surface area contributed by atoms with Crippen LogP contribution in [0.2, 0.25) is 0 Å². The van der Waals surface area contributed by atoms with Crippen molar-refractivity contribution < 1.29 is 9.18 Å². The Balaban J connectivity index is 1.78. The number of anilines is 1. The third-order valence-electron chi connectivity index (χ3n) is 3.36. The molecule has 122 valence electrons. The van der Waals surface area contributed by atoms with Crippen LogP contribution in [0.3, 0.4) is 0 Å². The molecular formula is C17H12Br2FN3O. The highest BCUT2D eigenvalue weighted by molar-refractivity contribution is 9.11. The second kappa shape index (κ2) is 7.27. The van der Waals surface area contributed by atoms with Crippen molar-refractivity contribution in [3.63, 3.8) is 0 Å². The molecule has 1 heterocycles. The van der Waals surface area contributed by atoms with E-state index >= 15 is 0 Å². The number of benzene rings is 2. The number of hydrogen-bond acceptors (Lipinski definition) is 2. The molecule has 0 unspecified atom stereocenters. The van der Waals surface area contributed by atoms with Gasteiger partial charge in [0.25, 0.3) is 5.91 Å². The van der Waals surface area contributed by atoms with E-state index in [1.807, 2.05) is 6.07 Å². The summed E-state index contributed by atoms with van der Waals surface area (Å²) in [5.74, 6) is -0.186.